The van der Waals surface area contributed by atoms with Gasteiger partial charge >= 0.3 is 0 Å². The molecule has 1 aliphatic carbocycles. The fraction of sp³-hybridized carbons (Fsp3) is 0.400. The van der Waals surface area contributed by atoms with Crippen LogP contribution in [0.15, 0.2) is 54.6 Å². The van der Waals surface area contributed by atoms with Crippen LogP contribution >= 0.6 is 0 Å². The first-order chi connectivity index (χ1) is 10.3. The Morgan fingerprint density at radius 2 is 1.81 bits per heavy atom. The lowest BCUT2D eigenvalue weighted by molar-refractivity contribution is 0.175. The van der Waals surface area contributed by atoms with Crippen LogP contribution in [0.3, 0.4) is 0 Å². The highest BCUT2D eigenvalue weighted by Gasteiger charge is 2.45. The molecule has 1 fully saturated rings. The Morgan fingerprint density at radius 1 is 1.05 bits per heavy atom. The zero-order chi connectivity index (χ0) is 14.7. The van der Waals surface area contributed by atoms with Crippen LogP contribution in [0.5, 0.6) is 0 Å². The molecule has 1 saturated carbocycles. The van der Waals surface area contributed by atoms with Gasteiger partial charge in [0, 0.05) is 11.5 Å². The molecule has 1 atom stereocenters. The number of hydrogen-bond acceptors (Lipinski definition) is 1. The summed E-state index contributed by atoms with van der Waals surface area (Å²) in [6.07, 6.45) is 4.99. The Balaban J connectivity index is 2.01. The smallest absolute Gasteiger partial charge is 0.0415 e. The molecule has 1 unspecified atom stereocenters. The van der Waals surface area contributed by atoms with E-state index >= 15 is 0 Å². The Bertz CT molecular complexity index is 584. The molecule has 0 spiro atoms. The van der Waals surface area contributed by atoms with Gasteiger partial charge in [-0.2, -0.15) is 0 Å². The summed E-state index contributed by atoms with van der Waals surface area (Å²) in [6.45, 7) is 2.23. The molecule has 0 aromatic heterocycles. The SMILES string of the molecule is CCc1cccc(C(NC)C2(c3ccccc3)CCC2)c1. The van der Waals surface area contributed by atoms with Gasteiger partial charge in [0.1, 0.15) is 0 Å². The predicted octanol–water partition coefficient (Wildman–Crippen LogP) is 4.63. The van der Waals surface area contributed by atoms with E-state index in [1.165, 1.54) is 36.0 Å². The van der Waals surface area contributed by atoms with E-state index in [-0.39, 0.29) is 5.41 Å². The summed E-state index contributed by atoms with van der Waals surface area (Å²) in [7, 11) is 2.10. The fourth-order valence-electron chi connectivity index (χ4n) is 3.83. The number of rotatable bonds is 5. The summed E-state index contributed by atoms with van der Waals surface area (Å²) in [5.41, 5.74) is 4.61. The van der Waals surface area contributed by atoms with Crippen molar-refractivity contribution in [3.63, 3.8) is 0 Å². The first kappa shape index (κ1) is 14.3. The minimum atomic E-state index is 0.266. The zero-order valence-electron chi connectivity index (χ0n) is 13.1. The third kappa shape index (κ3) is 2.51. The Kier molecular flexibility index (Phi) is 4.12. The molecule has 2 aromatic carbocycles. The molecule has 21 heavy (non-hydrogen) atoms. The van der Waals surface area contributed by atoms with Crippen LogP contribution in [-0.2, 0) is 11.8 Å². The molecule has 0 heterocycles. The van der Waals surface area contributed by atoms with Gasteiger partial charge < -0.3 is 5.32 Å². The largest absolute Gasteiger partial charge is 0.312 e. The molecule has 1 N–H and O–H groups in total. The highest BCUT2D eigenvalue weighted by atomic mass is 14.9. The second kappa shape index (κ2) is 6.03. The van der Waals surface area contributed by atoms with Crippen LogP contribution in [0.25, 0.3) is 0 Å². The molecule has 0 saturated heterocycles. The lowest BCUT2D eigenvalue weighted by Gasteiger charge is -2.48. The van der Waals surface area contributed by atoms with Gasteiger partial charge in [-0.05, 0) is 43.0 Å². The van der Waals surface area contributed by atoms with Crippen LogP contribution in [0.2, 0.25) is 0 Å². The summed E-state index contributed by atoms with van der Waals surface area (Å²) < 4.78 is 0. The van der Waals surface area contributed by atoms with Crippen molar-refractivity contribution in [1.82, 2.24) is 5.32 Å². The molecule has 1 aliphatic rings. The standard InChI is InChI=1S/C20H25N/c1-3-16-9-7-10-17(15-16)19(21-2)20(13-8-14-20)18-11-5-4-6-12-18/h4-7,9-12,15,19,21H,3,8,13-14H2,1-2H3. The van der Waals surface area contributed by atoms with Crippen molar-refractivity contribution in [3.05, 3.63) is 71.3 Å². The maximum Gasteiger partial charge on any atom is 0.0415 e. The number of hydrogen-bond donors (Lipinski definition) is 1. The normalized spacial score (nSPS) is 18.0. The van der Waals surface area contributed by atoms with Gasteiger partial charge in [0.25, 0.3) is 0 Å². The second-order valence-electron chi connectivity index (χ2n) is 6.20. The van der Waals surface area contributed by atoms with Crippen LogP contribution < -0.4 is 5.32 Å². The minimum absolute atomic E-state index is 0.266. The molecule has 2 aromatic rings. The van der Waals surface area contributed by atoms with Gasteiger partial charge in [-0.3, -0.25) is 0 Å². The maximum atomic E-state index is 3.61. The molecule has 0 radical (unpaired) electrons. The molecular weight excluding hydrogens is 254 g/mol. The van der Waals surface area contributed by atoms with Crippen LogP contribution in [0.4, 0.5) is 0 Å². The Labute approximate surface area is 128 Å². The number of aryl methyl sites for hydroxylation is 1. The van der Waals surface area contributed by atoms with Crippen LogP contribution in [0.1, 0.15) is 48.9 Å². The average Bonchev–Trinajstić information content (AvgIpc) is 2.51. The molecule has 110 valence electrons. The summed E-state index contributed by atoms with van der Waals surface area (Å²) in [5.74, 6) is 0. The van der Waals surface area contributed by atoms with E-state index < -0.39 is 0 Å². The highest BCUT2D eigenvalue weighted by molar-refractivity contribution is 5.37. The van der Waals surface area contributed by atoms with Crippen molar-refractivity contribution < 1.29 is 0 Å². The quantitative estimate of drug-likeness (QED) is 0.841. The minimum Gasteiger partial charge on any atom is -0.312 e. The first-order valence-corrected chi connectivity index (χ1v) is 8.12. The van der Waals surface area contributed by atoms with Gasteiger partial charge in [-0.25, -0.2) is 0 Å². The lowest BCUT2D eigenvalue weighted by atomic mass is 9.58. The van der Waals surface area contributed by atoms with E-state index in [1.807, 2.05) is 0 Å². The van der Waals surface area contributed by atoms with Crippen LogP contribution in [-0.4, -0.2) is 7.05 Å². The average molecular weight is 279 g/mol. The summed E-state index contributed by atoms with van der Waals surface area (Å²) in [5, 5.41) is 3.61. The predicted molar refractivity (Wildman–Crippen MR) is 89.6 cm³/mol. The maximum absolute atomic E-state index is 3.61. The summed E-state index contributed by atoms with van der Waals surface area (Å²) in [4.78, 5) is 0. The van der Waals surface area contributed by atoms with Crippen molar-refractivity contribution in [2.24, 2.45) is 0 Å². The Morgan fingerprint density at radius 3 is 2.38 bits per heavy atom. The fourth-order valence-corrected chi connectivity index (χ4v) is 3.83. The van der Waals surface area contributed by atoms with Gasteiger partial charge in [0.2, 0.25) is 0 Å². The van der Waals surface area contributed by atoms with E-state index in [2.05, 4.69) is 73.9 Å². The van der Waals surface area contributed by atoms with E-state index in [4.69, 9.17) is 0 Å². The molecule has 1 nitrogen and oxygen atoms in total. The highest BCUT2D eigenvalue weighted by Crippen LogP contribution is 2.52. The summed E-state index contributed by atoms with van der Waals surface area (Å²) in [6, 6.07) is 20.5. The van der Waals surface area contributed by atoms with Crippen molar-refractivity contribution in [3.8, 4) is 0 Å². The molecule has 3 rings (SSSR count). The van der Waals surface area contributed by atoms with Crippen molar-refractivity contribution in [2.75, 3.05) is 7.05 Å². The van der Waals surface area contributed by atoms with Gasteiger partial charge in [0.05, 0.1) is 0 Å². The zero-order valence-corrected chi connectivity index (χ0v) is 13.1. The third-order valence-corrected chi connectivity index (χ3v) is 5.13. The molecular formula is C20H25N. The second-order valence-corrected chi connectivity index (χ2v) is 6.20. The molecule has 1 heteroatoms. The molecule has 0 amide bonds. The monoisotopic (exact) mass is 279 g/mol. The first-order valence-electron chi connectivity index (χ1n) is 8.12. The van der Waals surface area contributed by atoms with Crippen LogP contribution in [0, 0.1) is 0 Å². The van der Waals surface area contributed by atoms with Crippen molar-refractivity contribution in [2.45, 2.75) is 44.1 Å². The van der Waals surface area contributed by atoms with Crippen molar-refractivity contribution >= 4 is 0 Å². The topological polar surface area (TPSA) is 12.0 Å². The number of benzene rings is 2. The van der Waals surface area contributed by atoms with E-state index in [0.29, 0.717) is 6.04 Å². The number of likely N-dealkylation sites (N-methyl/N-ethyl adjacent to an activating group) is 1. The Hall–Kier alpha value is -1.60. The number of nitrogens with one attached hydrogen (secondary N) is 1. The third-order valence-electron chi connectivity index (χ3n) is 5.13. The molecule has 0 bridgehead atoms. The molecule has 0 aliphatic heterocycles. The van der Waals surface area contributed by atoms with E-state index in [9.17, 15) is 0 Å². The van der Waals surface area contributed by atoms with Gasteiger partial charge in [-0.15, -0.1) is 0 Å². The van der Waals surface area contributed by atoms with Crippen molar-refractivity contribution in [1.29, 1.82) is 0 Å². The van der Waals surface area contributed by atoms with E-state index in [1.54, 1.807) is 0 Å². The summed E-state index contributed by atoms with van der Waals surface area (Å²) >= 11 is 0. The lowest BCUT2D eigenvalue weighted by Crippen LogP contribution is -2.45. The van der Waals surface area contributed by atoms with E-state index in [0.717, 1.165) is 6.42 Å². The van der Waals surface area contributed by atoms with Gasteiger partial charge in [-0.1, -0.05) is 67.9 Å². The van der Waals surface area contributed by atoms with Gasteiger partial charge in [0.15, 0.2) is 0 Å².